The number of cyclic esters (lactones) is 1. The van der Waals surface area contributed by atoms with Crippen molar-refractivity contribution >= 4 is 17.7 Å². The van der Waals surface area contributed by atoms with Crippen LogP contribution in [0.3, 0.4) is 0 Å². The second-order valence-corrected chi connectivity index (χ2v) is 3.71. The summed E-state index contributed by atoms with van der Waals surface area (Å²) in [5, 5.41) is 0. The van der Waals surface area contributed by atoms with Gasteiger partial charge < -0.3 is 9.47 Å². The van der Waals surface area contributed by atoms with Crippen molar-refractivity contribution in [2.75, 3.05) is 0 Å². The van der Waals surface area contributed by atoms with E-state index in [-0.39, 0.29) is 0 Å². The average molecular weight is 359 g/mol. The second kappa shape index (κ2) is 5.73. The zero-order valence-electron chi connectivity index (χ0n) is 10.1. The molecule has 0 unspecified atom stereocenters. The van der Waals surface area contributed by atoms with E-state index >= 15 is 0 Å². The van der Waals surface area contributed by atoms with Crippen LogP contribution in [0, 0.1) is 0 Å². The van der Waals surface area contributed by atoms with Crippen molar-refractivity contribution in [3.05, 3.63) is 11.8 Å². The summed E-state index contributed by atoms with van der Waals surface area (Å²) in [5.74, 6) is -7.96. The van der Waals surface area contributed by atoms with Crippen LogP contribution in [0.4, 0.5) is 39.5 Å². The van der Waals surface area contributed by atoms with E-state index in [0.717, 1.165) is 0 Å². The highest BCUT2D eigenvalue weighted by atomic mass is 19.4. The van der Waals surface area contributed by atoms with Crippen LogP contribution in [0.15, 0.2) is 16.8 Å². The Balaban J connectivity index is 3.16. The van der Waals surface area contributed by atoms with Gasteiger partial charge in [-0.2, -0.15) is 39.5 Å². The smallest absolute Gasteiger partial charge is 0.425 e. The monoisotopic (exact) mass is 359 g/mol. The van der Waals surface area contributed by atoms with Crippen LogP contribution in [0.1, 0.15) is 0 Å². The first-order valence-electron chi connectivity index (χ1n) is 5.05. The summed E-state index contributed by atoms with van der Waals surface area (Å²) < 4.78 is 116. The molecular formula is C9H2F9NO4. The lowest BCUT2D eigenvalue weighted by atomic mass is 10.3. The maximum Gasteiger partial charge on any atom is 0.491 e. The van der Waals surface area contributed by atoms with Crippen LogP contribution in [-0.2, 0) is 19.1 Å². The third kappa shape index (κ3) is 4.85. The summed E-state index contributed by atoms with van der Waals surface area (Å²) in [6.45, 7) is 0. The maximum absolute atomic E-state index is 12.4. The number of allylic oxidation sites excluding steroid dienone is 1. The van der Waals surface area contributed by atoms with Crippen LogP contribution >= 0.6 is 0 Å². The summed E-state index contributed by atoms with van der Waals surface area (Å²) >= 11 is 0. The van der Waals surface area contributed by atoms with Crippen LogP contribution in [0.2, 0.25) is 0 Å². The molecule has 1 aliphatic heterocycles. The normalized spacial score (nSPS) is 20.2. The molecule has 0 amide bonds. The van der Waals surface area contributed by atoms with Gasteiger partial charge in [0, 0.05) is 6.08 Å². The van der Waals surface area contributed by atoms with Gasteiger partial charge in [-0.25, -0.2) is 14.6 Å². The molecule has 0 aromatic rings. The molecule has 14 heteroatoms. The lowest BCUT2D eigenvalue weighted by Crippen LogP contribution is -2.29. The van der Waals surface area contributed by atoms with E-state index in [4.69, 9.17) is 0 Å². The predicted octanol–water partition coefficient (Wildman–Crippen LogP) is 2.42. The molecule has 0 fully saturated rings. The van der Waals surface area contributed by atoms with Gasteiger partial charge in [0.2, 0.25) is 5.76 Å². The molecule has 0 spiro atoms. The first kappa shape index (κ1) is 18.8. The Labute approximate surface area is 119 Å². The summed E-state index contributed by atoms with van der Waals surface area (Å²) in [6.07, 6.45) is -20.5. The lowest BCUT2D eigenvalue weighted by Gasteiger charge is -2.12. The van der Waals surface area contributed by atoms with Crippen LogP contribution in [-0.4, -0.2) is 42.4 Å². The standard InChI is InChI=1S/C9H2F9NO4/c10-7(11,12)3(22-6(21)9(16,17)18)1-2-4(20)23-5(19-2)8(13,14)15/h1,5H/b3-1+/t5-/m1/s1. The zero-order chi connectivity index (χ0) is 18.2. The average Bonchev–Trinajstić information content (AvgIpc) is 2.67. The van der Waals surface area contributed by atoms with Gasteiger partial charge in [-0.1, -0.05) is 0 Å². The fraction of sp³-hybridized carbons (Fsp3) is 0.444. The molecule has 1 atom stereocenters. The van der Waals surface area contributed by atoms with E-state index < -0.39 is 54.2 Å². The molecule has 1 aliphatic rings. The van der Waals surface area contributed by atoms with Gasteiger partial charge in [0.1, 0.15) is 0 Å². The number of carbonyl (C=O) groups excluding carboxylic acids is 2. The topological polar surface area (TPSA) is 65.0 Å². The minimum absolute atomic E-state index is 0.599. The summed E-state index contributed by atoms with van der Waals surface area (Å²) in [4.78, 5) is 23.8. The van der Waals surface area contributed by atoms with Crippen LogP contribution < -0.4 is 0 Å². The SMILES string of the molecule is O=C1O[C@H](C(F)(F)F)N=C1/C=C(/OC(=O)C(F)(F)F)C(F)(F)F. The maximum atomic E-state index is 12.4. The van der Waals surface area contributed by atoms with E-state index in [1.807, 2.05) is 0 Å². The molecule has 0 bridgehead atoms. The van der Waals surface area contributed by atoms with E-state index in [0.29, 0.717) is 0 Å². The Morgan fingerprint density at radius 2 is 1.57 bits per heavy atom. The van der Waals surface area contributed by atoms with Gasteiger partial charge in [-0.05, 0) is 0 Å². The Hall–Kier alpha value is -2.28. The Kier molecular flexibility index (Phi) is 4.68. The Bertz CT molecular complexity index is 569. The van der Waals surface area contributed by atoms with Gasteiger partial charge in [0.15, 0.2) is 5.71 Å². The van der Waals surface area contributed by atoms with Gasteiger partial charge in [0.05, 0.1) is 0 Å². The molecule has 1 heterocycles. The number of hydrogen-bond donors (Lipinski definition) is 0. The highest BCUT2D eigenvalue weighted by Gasteiger charge is 2.49. The minimum atomic E-state index is -5.81. The van der Waals surface area contributed by atoms with Crippen LogP contribution in [0.5, 0.6) is 0 Å². The van der Waals surface area contributed by atoms with Gasteiger partial charge in [-0.15, -0.1) is 0 Å². The number of rotatable bonds is 2. The van der Waals surface area contributed by atoms with Crippen molar-refractivity contribution in [3.63, 3.8) is 0 Å². The summed E-state index contributed by atoms with van der Waals surface area (Å²) in [5.41, 5.74) is -1.62. The minimum Gasteiger partial charge on any atom is -0.425 e. The van der Waals surface area contributed by atoms with Crippen molar-refractivity contribution in [2.24, 2.45) is 4.99 Å². The van der Waals surface area contributed by atoms with Crippen molar-refractivity contribution in [2.45, 2.75) is 24.8 Å². The highest BCUT2D eigenvalue weighted by Crippen LogP contribution is 2.31. The van der Waals surface area contributed by atoms with Crippen molar-refractivity contribution in [1.29, 1.82) is 0 Å². The molecule has 0 radical (unpaired) electrons. The Morgan fingerprint density at radius 3 is 1.91 bits per heavy atom. The third-order valence-electron chi connectivity index (χ3n) is 1.95. The number of carbonyl (C=O) groups is 2. The molecule has 0 aliphatic carbocycles. The number of aliphatic imine (C=N–C) groups is 1. The number of halogens is 9. The molecule has 0 aromatic carbocycles. The molecule has 0 saturated carbocycles. The molecule has 0 aromatic heterocycles. The number of ether oxygens (including phenoxy) is 2. The highest BCUT2D eigenvalue weighted by molar-refractivity contribution is 6.42. The lowest BCUT2D eigenvalue weighted by molar-refractivity contribution is -0.210. The molecule has 1 rings (SSSR count). The van der Waals surface area contributed by atoms with Gasteiger partial charge in [-0.3, -0.25) is 0 Å². The quantitative estimate of drug-likeness (QED) is 0.432. The van der Waals surface area contributed by atoms with Crippen molar-refractivity contribution < 1.29 is 58.6 Å². The molecule has 0 N–H and O–H groups in total. The Morgan fingerprint density at radius 1 is 1.04 bits per heavy atom. The molecule has 130 valence electrons. The number of alkyl halides is 9. The van der Waals surface area contributed by atoms with Gasteiger partial charge >= 0.3 is 30.5 Å². The molecule has 23 heavy (non-hydrogen) atoms. The zero-order valence-corrected chi connectivity index (χ0v) is 10.1. The van der Waals surface area contributed by atoms with Gasteiger partial charge in [0.25, 0.3) is 6.23 Å². The number of esters is 2. The van der Waals surface area contributed by atoms with Crippen molar-refractivity contribution in [3.8, 4) is 0 Å². The largest absolute Gasteiger partial charge is 0.491 e. The van der Waals surface area contributed by atoms with E-state index in [9.17, 15) is 49.1 Å². The first-order valence-corrected chi connectivity index (χ1v) is 5.05. The van der Waals surface area contributed by atoms with E-state index in [1.165, 1.54) is 0 Å². The van der Waals surface area contributed by atoms with E-state index in [1.54, 1.807) is 0 Å². The van der Waals surface area contributed by atoms with E-state index in [2.05, 4.69) is 14.5 Å². The van der Waals surface area contributed by atoms with Crippen LogP contribution in [0.25, 0.3) is 0 Å². The number of nitrogens with zero attached hydrogens (tertiary/aromatic N) is 1. The summed E-state index contributed by atoms with van der Waals surface area (Å²) in [6, 6.07) is 0. The fourth-order valence-electron chi connectivity index (χ4n) is 1.05. The predicted molar refractivity (Wildman–Crippen MR) is 49.7 cm³/mol. The first-order chi connectivity index (χ1) is 10.1. The van der Waals surface area contributed by atoms with Crippen molar-refractivity contribution in [1.82, 2.24) is 0 Å². The second-order valence-electron chi connectivity index (χ2n) is 3.71. The molecule has 5 nitrogen and oxygen atoms in total. The molecule has 0 saturated heterocycles. The number of hydrogen-bond acceptors (Lipinski definition) is 5. The summed E-state index contributed by atoms with van der Waals surface area (Å²) in [7, 11) is 0. The fourth-order valence-corrected chi connectivity index (χ4v) is 1.05. The third-order valence-corrected chi connectivity index (χ3v) is 1.95. The molecular weight excluding hydrogens is 357 g/mol.